The summed E-state index contributed by atoms with van der Waals surface area (Å²) in [6, 6.07) is 15.3. The molecule has 1 heterocycles. The van der Waals surface area contributed by atoms with Gasteiger partial charge >= 0.3 is 6.18 Å². The van der Waals surface area contributed by atoms with Crippen molar-refractivity contribution in [2.24, 2.45) is 4.99 Å². The maximum atomic E-state index is 12.9. The lowest BCUT2D eigenvalue weighted by molar-refractivity contribution is -0.137. The highest BCUT2D eigenvalue weighted by atomic mass is 19.4. The predicted octanol–water partition coefficient (Wildman–Crippen LogP) is 6.89. The Morgan fingerprint density at radius 3 is 2.27 bits per heavy atom. The van der Waals surface area contributed by atoms with Gasteiger partial charge in [-0.3, -0.25) is 4.99 Å². The Hall–Kier alpha value is -3.15. The van der Waals surface area contributed by atoms with Gasteiger partial charge in [0.2, 0.25) is 0 Å². The summed E-state index contributed by atoms with van der Waals surface area (Å²) in [7, 11) is 0. The molecule has 2 aromatic carbocycles. The highest BCUT2D eigenvalue weighted by molar-refractivity contribution is 6.02. The van der Waals surface area contributed by atoms with E-state index in [2.05, 4.69) is 4.98 Å². The zero-order chi connectivity index (χ0) is 21.9. The fraction of sp³-hybridized carbons (Fsp3) is 0.250. The van der Waals surface area contributed by atoms with Crippen molar-refractivity contribution in [1.29, 1.82) is 0 Å². The first-order valence-electron chi connectivity index (χ1n) is 9.78. The van der Waals surface area contributed by atoms with Crippen LogP contribution in [-0.2, 0) is 6.18 Å². The van der Waals surface area contributed by atoms with Crippen LogP contribution >= 0.6 is 0 Å². The fourth-order valence-electron chi connectivity index (χ4n) is 3.33. The smallest absolute Gasteiger partial charge is 0.384 e. The average molecular weight is 411 g/mol. The van der Waals surface area contributed by atoms with Gasteiger partial charge in [-0.1, -0.05) is 37.6 Å². The molecule has 0 unspecified atom stereocenters. The molecular formula is C24H24F3N3. The second-order valence-electron chi connectivity index (χ2n) is 7.25. The number of rotatable bonds is 5. The Balaban J connectivity index is 1.95. The topological polar surface area (TPSA) is 51.3 Å². The largest absolute Gasteiger partial charge is 0.416 e. The summed E-state index contributed by atoms with van der Waals surface area (Å²) in [5, 5.41) is 0. The van der Waals surface area contributed by atoms with Gasteiger partial charge in [0, 0.05) is 17.0 Å². The van der Waals surface area contributed by atoms with E-state index in [0.717, 1.165) is 53.1 Å². The third-order valence-corrected chi connectivity index (χ3v) is 4.90. The van der Waals surface area contributed by atoms with E-state index in [1.54, 1.807) is 13.0 Å². The highest BCUT2D eigenvalue weighted by Gasteiger charge is 2.30. The van der Waals surface area contributed by atoms with E-state index < -0.39 is 11.7 Å². The molecule has 0 radical (unpaired) electrons. The minimum absolute atomic E-state index is 0.483. The van der Waals surface area contributed by atoms with E-state index in [1.807, 2.05) is 44.2 Å². The molecule has 0 aliphatic heterocycles. The number of aromatic nitrogens is 1. The van der Waals surface area contributed by atoms with Crippen molar-refractivity contribution in [3.05, 3.63) is 77.0 Å². The van der Waals surface area contributed by atoms with E-state index in [1.165, 1.54) is 6.07 Å². The van der Waals surface area contributed by atoms with Gasteiger partial charge in [-0.2, -0.15) is 13.2 Å². The third-order valence-electron chi connectivity index (χ3n) is 4.90. The molecule has 0 bridgehead atoms. The van der Waals surface area contributed by atoms with Gasteiger partial charge in [-0.05, 0) is 67.3 Å². The first kappa shape index (κ1) is 21.6. The Bertz CT molecular complexity index is 1070. The van der Waals surface area contributed by atoms with Crippen molar-refractivity contribution in [2.75, 3.05) is 5.73 Å². The van der Waals surface area contributed by atoms with Crippen LogP contribution in [0.4, 0.5) is 24.7 Å². The second kappa shape index (κ2) is 8.69. The van der Waals surface area contributed by atoms with Gasteiger partial charge in [0.15, 0.2) is 0 Å². The normalized spacial score (nSPS) is 12.3. The van der Waals surface area contributed by atoms with Crippen LogP contribution in [0.25, 0.3) is 11.1 Å². The number of nitrogen functional groups attached to an aromatic ring is 1. The molecule has 0 aliphatic rings. The first-order chi connectivity index (χ1) is 14.2. The van der Waals surface area contributed by atoms with Crippen LogP contribution in [0.3, 0.4) is 0 Å². The number of nitrogens with zero attached hydrogens (tertiary/aromatic N) is 2. The Morgan fingerprint density at radius 1 is 1.00 bits per heavy atom. The fourth-order valence-corrected chi connectivity index (χ4v) is 3.33. The average Bonchev–Trinajstić information content (AvgIpc) is 2.68. The molecule has 0 aliphatic carbocycles. The van der Waals surface area contributed by atoms with Crippen molar-refractivity contribution in [3.63, 3.8) is 0 Å². The number of hydrogen-bond acceptors (Lipinski definition) is 3. The van der Waals surface area contributed by atoms with Crippen molar-refractivity contribution >= 4 is 17.2 Å². The number of pyridine rings is 1. The number of benzene rings is 2. The molecule has 3 rings (SSSR count). The molecule has 0 atom stereocenters. The van der Waals surface area contributed by atoms with E-state index in [4.69, 9.17) is 10.7 Å². The van der Waals surface area contributed by atoms with E-state index >= 15 is 0 Å². The van der Waals surface area contributed by atoms with Gasteiger partial charge in [-0.25, -0.2) is 4.98 Å². The molecule has 2 N–H and O–H groups in total. The summed E-state index contributed by atoms with van der Waals surface area (Å²) in [4.78, 5) is 8.99. The number of aliphatic imine (C=N–C) groups is 1. The lowest BCUT2D eigenvalue weighted by Crippen LogP contribution is -2.05. The van der Waals surface area contributed by atoms with Gasteiger partial charge in [0.25, 0.3) is 0 Å². The monoisotopic (exact) mass is 411 g/mol. The maximum absolute atomic E-state index is 12.9. The number of halogens is 3. The van der Waals surface area contributed by atoms with Crippen molar-refractivity contribution in [2.45, 2.75) is 39.8 Å². The number of hydrogen-bond donors (Lipinski definition) is 1. The minimum Gasteiger partial charge on any atom is -0.384 e. The van der Waals surface area contributed by atoms with Crippen LogP contribution in [-0.4, -0.2) is 10.7 Å². The lowest BCUT2D eigenvalue weighted by atomic mass is 9.99. The number of nitrogens with two attached hydrogens (primary N) is 1. The lowest BCUT2D eigenvalue weighted by Gasteiger charge is -2.12. The summed E-state index contributed by atoms with van der Waals surface area (Å²) in [6.45, 7) is 5.61. The Labute approximate surface area is 174 Å². The van der Waals surface area contributed by atoms with E-state index in [0.29, 0.717) is 17.1 Å². The molecule has 0 spiro atoms. The maximum Gasteiger partial charge on any atom is 0.416 e. The zero-order valence-electron chi connectivity index (χ0n) is 17.2. The van der Waals surface area contributed by atoms with E-state index in [9.17, 15) is 13.2 Å². The highest BCUT2D eigenvalue weighted by Crippen LogP contribution is 2.33. The molecule has 0 saturated heterocycles. The molecule has 3 nitrogen and oxygen atoms in total. The van der Waals surface area contributed by atoms with Crippen LogP contribution in [0, 0.1) is 13.8 Å². The summed E-state index contributed by atoms with van der Waals surface area (Å²) >= 11 is 0. The first-order valence-corrected chi connectivity index (χ1v) is 9.78. The molecule has 6 heteroatoms. The van der Waals surface area contributed by atoms with Gasteiger partial charge in [-0.15, -0.1) is 0 Å². The Kier molecular flexibility index (Phi) is 6.25. The second-order valence-corrected chi connectivity index (χ2v) is 7.25. The molecule has 3 aromatic rings. The SMILES string of the molecule is CCCC(=Nc1ccc(C(F)(F)F)cc1C)c1ccc(-c2ccc(N)nc2C)cc1. The van der Waals surface area contributed by atoms with Crippen LogP contribution in [0.1, 0.15) is 42.1 Å². The van der Waals surface area contributed by atoms with Crippen LogP contribution < -0.4 is 5.73 Å². The van der Waals surface area contributed by atoms with Crippen molar-refractivity contribution in [1.82, 2.24) is 4.98 Å². The summed E-state index contributed by atoms with van der Waals surface area (Å²) in [5.74, 6) is 0.483. The predicted molar refractivity (Wildman–Crippen MR) is 116 cm³/mol. The van der Waals surface area contributed by atoms with Crippen molar-refractivity contribution in [3.8, 4) is 11.1 Å². The molecule has 0 fully saturated rings. The number of anilines is 1. The van der Waals surface area contributed by atoms with Crippen LogP contribution in [0.2, 0.25) is 0 Å². The standard InChI is InChI=1S/C24H24F3N3/c1-4-5-22(30-21-12-10-19(14-15(21)2)24(25,26)27)18-8-6-17(7-9-18)20-11-13-23(28)29-16(20)3/h6-14H,4-5H2,1-3H3,(H2,28,29). The van der Waals surface area contributed by atoms with Gasteiger partial charge < -0.3 is 5.73 Å². The van der Waals surface area contributed by atoms with Crippen LogP contribution in [0.15, 0.2) is 59.6 Å². The minimum atomic E-state index is -4.36. The molecule has 0 saturated carbocycles. The van der Waals surface area contributed by atoms with Crippen molar-refractivity contribution < 1.29 is 13.2 Å². The molecule has 1 aromatic heterocycles. The molecule has 156 valence electrons. The number of alkyl halides is 3. The zero-order valence-corrected chi connectivity index (χ0v) is 17.2. The molecular weight excluding hydrogens is 387 g/mol. The van der Waals surface area contributed by atoms with Gasteiger partial charge in [0.1, 0.15) is 5.82 Å². The van der Waals surface area contributed by atoms with Crippen LogP contribution in [0.5, 0.6) is 0 Å². The third kappa shape index (κ3) is 4.87. The van der Waals surface area contributed by atoms with E-state index in [-0.39, 0.29) is 0 Å². The quantitative estimate of drug-likeness (QED) is 0.465. The Morgan fingerprint density at radius 2 is 1.70 bits per heavy atom. The molecule has 30 heavy (non-hydrogen) atoms. The summed E-state index contributed by atoms with van der Waals surface area (Å²) in [6.07, 6.45) is -2.76. The molecule has 0 amide bonds. The summed E-state index contributed by atoms with van der Waals surface area (Å²) in [5.41, 5.74) is 10.8. The number of aryl methyl sites for hydroxylation is 2. The van der Waals surface area contributed by atoms with Gasteiger partial charge in [0.05, 0.1) is 11.3 Å². The summed E-state index contributed by atoms with van der Waals surface area (Å²) < 4.78 is 38.8.